The second-order valence-corrected chi connectivity index (χ2v) is 3.65. The quantitative estimate of drug-likeness (QED) is 0.757. The van der Waals surface area contributed by atoms with Crippen LogP contribution in [-0.4, -0.2) is 30.6 Å². The van der Waals surface area contributed by atoms with E-state index in [1.807, 2.05) is 0 Å². The van der Waals surface area contributed by atoms with E-state index in [-0.39, 0.29) is 31.1 Å². The molecule has 1 amide bonds. The van der Waals surface area contributed by atoms with Crippen molar-refractivity contribution >= 4 is 11.7 Å². The molecule has 0 unspecified atom stereocenters. The summed E-state index contributed by atoms with van der Waals surface area (Å²) >= 11 is 0. The van der Waals surface area contributed by atoms with Gasteiger partial charge in [-0.2, -0.15) is 18.4 Å². The summed E-state index contributed by atoms with van der Waals surface area (Å²) in [5.41, 5.74) is 3.71. The third-order valence-electron chi connectivity index (χ3n) is 2.09. The van der Waals surface area contributed by atoms with Gasteiger partial charge in [0.1, 0.15) is 24.2 Å². The van der Waals surface area contributed by atoms with Gasteiger partial charge in [0.2, 0.25) is 5.91 Å². The molecule has 1 aromatic rings. The fourth-order valence-corrected chi connectivity index (χ4v) is 1.26. The summed E-state index contributed by atoms with van der Waals surface area (Å²) in [5, 5.41) is 11.3. The summed E-state index contributed by atoms with van der Waals surface area (Å²) in [6, 6.07) is 3.49. The Morgan fingerprint density at radius 2 is 2.20 bits per heavy atom. The lowest BCUT2D eigenvalue weighted by molar-refractivity contribution is -0.141. The first-order valence-electron chi connectivity index (χ1n) is 5.43. The van der Waals surface area contributed by atoms with Crippen LogP contribution in [0.4, 0.5) is 19.0 Å². The number of nitrogens with one attached hydrogen (secondary N) is 1. The Morgan fingerprint density at radius 1 is 1.50 bits per heavy atom. The number of pyridine rings is 1. The molecule has 1 rings (SSSR count). The van der Waals surface area contributed by atoms with Crippen molar-refractivity contribution in [1.82, 2.24) is 4.98 Å². The third kappa shape index (κ3) is 4.74. The standard InChI is InChI=1S/C11H11F3N4O2/c12-11(13,14)8-2-1-7(5-15)10(18-8)17-3-4-20-6-9(16)19/h1-2H,3-4,6H2,(H2,16,19)(H,17,18). The van der Waals surface area contributed by atoms with Crippen molar-refractivity contribution in [2.45, 2.75) is 6.18 Å². The number of hydrogen-bond acceptors (Lipinski definition) is 5. The van der Waals surface area contributed by atoms with Crippen LogP contribution in [0.2, 0.25) is 0 Å². The van der Waals surface area contributed by atoms with Crippen LogP contribution in [0.3, 0.4) is 0 Å². The fourth-order valence-electron chi connectivity index (χ4n) is 1.26. The van der Waals surface area contributed by atoms with Crippen LogP contribution in [-0.2, 0) is 15.7 Å². The Balaban J connectivity index is 2.68. The average molecular weight is 288 g/mol. The first kappa shape index (κ1) is 15.7. The van der Waals surface area contributed by atoms with Crippen LogP contribution < -0.4 is 11.1 Å². The molecule has 3 N–H and O–H groups in total. The van der Waals surface area contributed by atoms with Gasteiger partial charge in [-0.3, -0.25) is 4.79 Å². The lowest BCUT2D eigenvalue weighted by Gasteiger charge is -2.11. The van der Waals surface area contributed by atoms with E-state index in [9.17, 15) is 18.0 Å². The number of amides is 1. The normalized spacial score (nSPS) is 10.9. The second-order valence-electron chi connectivity index (χ2n) is 3.65. The van der Waals surface area contributed by atoms with Gasteiger partial charge in [-0.05, 0) is 12.1 Å². The number of anilines is 1. The van der Waals surface area contributed by atoms with Crippen LogP contribution in [0.5, 0.6) is 0 Å². The van der Waals surface area contributed by atoms with Crippen molar-refractivity contribution < 1.29 is 22.7 Å². The minimum absolute atomic E-state index is 0.0205. The maximum Gasteiger partial charge on any atom is 0.433 e. The lowest BCUT2D eigenvalue weighted by atomic mass is 10.2. The number of hydrogen-bond donors (Lipinski definition) is 2. The van der Waals surface area contributed by atoms with Crippen molar-refractivity contribution in [1.29, 1.82) is 5.26 Å². The minimum atomic E-state index is -4.59. The van der Waals surface area contributed by atoms with Crippen LogP contribution in [0.1, 0.15) is 11.3 Å². The largest absolute Gasteiger partial charge is 0.433 e. The highest BCUT2D eigenvalue weighted by Crippen LogP contribution is 2.29. The van der Waals surface area contributed by atoms with Gasteiger partial charge in [0.15, 0.2) is 0 Å². The molecule has 9 heteroatoms. The molecule has 6 nitrogen and oxygen atoms in total. The number of nitrogens with two attached hydrogens (primary N) is 1. The number of alkyl halides is 3. The molecule has 0 saturated carbocycles. The minimum Gasteiger partial charge on any atom is -0.370 e. The van der Waals surface area contributed by atoms with E-state index in [0.29, 0.717) is 0 Å². The summed E-state index contributed by atoms with van der Waals surface area (Å²) in [4.78, 5) is 13.7. The van der Waals surface area contributed by atoms with E-state index in [2.05, 4.69) is 10.3 Å². The number of aromatic nitrogens is 1. The molecule has 0 atom stereocenters. The molecule has 0 spiro atoms. The molecule has 0 bridgehead atoms. The first-order valence-corrected chi connectivity index (χ1v) is 5.43. The molecule has 1 heterocycles. The average Bonchev–Trinajstić information content (AvgIpc) is 2.36. The van der Waals surface area contributed by atoms with Gasteiger partial charge in [0.25, 0.3) is 0 Å². The zero-order valence-corrected chi connectivity index (χ0v) is 10.2. The summed E-state index contributed by atoms with van der Waals surface area (Å²) in [6.07, 6.45) is -4.59. The molecule has 0 aliphatic heterocycles. The molecule has 0 saturated heterocycles. The summed E-state index contributed by atoms with van der Waals surface area (Å²) in [5.74, 6) is -0.843. The highest BCUT2D eigenvalue weighted by Gasteiger charge is 2.33. The van der Waals surface area contributed by atoms with Gasteiger partial charge in [-0.1, -0.05) is 0 Å². The lowest BCUT2D eigenvalue weighted by Crippen LogP contribution is -2.21. The molecular formula is C11H11F3N4O2. The van der Waals surface area contributed by atoms with E-state index in [1.54, 1.807) is 6.07 Å². The number of ether oxygens (including phenoxy) is 1. The molecule has 20 heavy (non-hydrogen) atoms. The van der Waals surface area contributed by atoms with E-state index < -0.39 is 17.8 Å². The predicted molar refractivity (Wildman–Crippen MR) is 62.5 cm³/mol. The van der Waals surface area contributed by atoms with E-state index >= 15 is 0 Å². The Labute approximate surface area is 112 Å². The highest BCUT2D eigenvalue weighted by molar-refractivity contribution is 5.74. The zero-order valence-electron chi connectivity index (χ0n) is 10.2. The van der Waals surface area contributed by atoms with Crippen molar-refractivity contribution in [3.05, 3.63) is 23.4 Å². The first-order chi connectivity index (χ1) is 9.34. The van der Waals surface area contributed by atoms with Gasteiger partial charge in [-0.25, -0.2) is 4.98 Å². The van der Waals surface area contributed by atoms with Crippen molar-refractivity contribution in [3.63, 3.8) is 0 Å². The van der Waals surface area contributed by atoms with Crippen molar-refractivity contribution in [2.24, 2.45) is 5.73 Å². The molecule has 108 valence electrons. The molecule has 0 aliphatic carbocycles. The zero-order chi connectivity index (χ0) is 15.2. The van der Waals surface area contributed by atoms with Crippen LogP contribution in [0, 0.1) is 11.3 Å². The number of carbonyl (C=O) groups excluding carboxylic acids is 1. The van der Waals surface area contributed by atoms with Gasteiger partial charge in [-0.15, -0.1) is 0 Å². The summed E-state index contributed by atoms with van der Waals surface area (Å²) in [6.45, 7) is -0.176. The summed E-state index contributed by atoms with van der Waals surface area (Å²) in [7, 11) is 0. The monoisotopic (exact) mass is 288 g/mol. The van der Waals surface area contributed by atoms with E-state index in [0.717, 1.165) is 12.1 Å². The smallest absolute Gasteiger partial charge is 0.370 e. The Bertz CT molecular complexity index is 525. The number of halogens is 3. The molecule has 1 aromatic heterocycles. The number of rotatable bonds is 6. The second kappa shape index (κ2) is 6.72. The topological polar surface area (TPSA) is 101 Å². The maximum atomic E-state index is 12.5. The molecule has 0 fully saturated rings. The SMILES string of the molecule is N#Cc1ccc(C(F)(F)F)nc1NCCOCC(N)=O. The van der Waals surface area contributed by atoms with Crippen LogP contribution in [0.25, 0.3) is 0 Å². The number of nitriles is 1. The Kier molecular flexibility index (Phi) is 5.28. The number of primary amides is 1. The third-order valence-corrected chi connectivity index (χ3v) is 2.09. The van der Waals surface area contributed by atoms with Gasteiger partial charge in [0, 0.05) is 6.54 Å². The molecular weight excluding hydrogens is 277 g/mol. The van der Waals surface area contributed by atoms with Crippen molar-refractivity contribution in [3.8, 4) is 6.07 Å². The maximum absolute atomic E-state index is 12.5. The Hall–Kier alpha value is -2.34. The summed E-state index contributed by atoms with van der Waals surface area (Å²) < 4.78 is 42.3. The van der Waals surface area contributed by atoms with Gasteiger partial charge < -0.3 is 15.8 Å². The Morgan fingerprint density at radius 3 is 2.75 bits per heavy atom. The van der Waals surface area contributed by atoms with Gasteiger partial charge in [0.05, 0.1) is 12.2 Å². The number of carbonyl (C=O) groups is 1. The molecule has 0 aromatic carbocycles. The fraction of sp³-hybridized carbons (Fsp3) is 0.364. The molecule has 0 radical (unpaired) electrons. The van der Waals surface area contributed by atoms with E-state index in [1.165, 1.54) is 0 Å². The number of nitrogens with zero attached hydrogens (tertiary/aromatic N) is 2. The van der Waals surface area contributed by atoms with E-state index in [4.69, 9.17) is 15.7 Å². The van der Waals surface area contributed by atoms with Crippen LogP contribution in [0.15, 0.2) is 12.1 Å². The highest BCUT2D eigenvalue weighted by atomic mass is 19.4. The van der Waals surface area contributed by atoms with Crippen molar-refractivity contribution in [2.75, 3.05) is 25.1 Å². The van der Waals surface area contributed by atoms with Crippen LogP contribution >= 0.6 is 0 Å². The molecule has 0 aliphatic rings. The van der Waals surface area contributed by atoms with Gasteiger partial charge >= 0.3 is 6.18 Å². The predicted octanol–water partition coefficient (Wildman–Crippen LogP) is 0.886.